The van der Waals surface area contributed by atoms with Crippen LogP contribution in [-0.2, 0) is 0 Å². The summed E-state index contributed by atoms with van der Waals surface area (Å²) >= 11 is 0. The van der Waals surface area contributed by atoms with E-state index in [-0.39, 0.29) is 5.56 Å². The highest BCUT2D eigenvalue weighted by atomic mass is 19.3. The van der Waals surface area contributed by atoms with Crippen molar-refractivity contribution in [2.75, 3.05) is 0 Å². The van der Waals surface area contributed by atoms with Gasteiger partial charge >= 0.3 is 6.61 Å². The number of hydrogen-bond acceptors (Lipinski definition) is 2. The Bertz CT molecular complexity index is 390. The van der Waals surface area contributed by atoms with Gasteiger partial charge in [0, 0.05) is 5.56 Å². The molecule has 0 unspecified atom stereocenters. The molecule has 0 amide bonds. The molecule has 0 bridgehead atoms. The van der Waals surface area contributed by atoms with Crippen LogP contribution >= 0.6 is 0 Å². The van der Waals surface area contributed by atoms with E-state index in [4.69, 9.17) is 0 Å². The summed E-state index contributed by atoms with van der Waals surface area (Å²) < 4.78 is 52.7. The zero-order valence-corrected chi connectivity index (χ0v) is 8.22. The van der Waals surface area contributed by atoms with Crippen LogP contribution in [0.2, 0.25) is 0 Å². The van der Waals surface area contributed by atoms with Crippen molar-refractivity contribution >= 4 is 5.78 Å². The first-order valence-corrected chi connectivity index (χ1v) is 4.29. The van der Waals surface area contributed by atoms with Crippen molar-refractivity contribution in [1.29, 1.82) is 0 Å². The lowest BCUT2D eigenvalue weighted by Crippen LogP contribution is -2.06. The van der Waals surface area contributed by atoms with Gasteiger partial charge in [-0.15, -0.1) is 0 Å². The summed E-state index contributed by atoms with van der Waals surface area (Å²) in [5.74, 6) is -1.04. The van der Waals surface area contributed by atoms with Crippen LogP contribution in [0.1, 0.15) is 29.3 Å². The summed E-state index contributed by atoms with van der Waals surface area (Å²) in [5, 5.41) is 0. The molecule has 0 aliphatic carbocycles. The van der Waals surface area contributed by atoms with Crippen LogP contribution in [0.5, 0.6) is 5.75 Å². The predicted octanol–water partition coefficient (Wildman–Crippen LogP) is 3.43. The van der Waals surface area contributed by atoms with Crippen LogP contribution in [-0.4, -0.2) is 12.4 Å². The Morgan fingerprint density at radius 2 is 1.88 bits per heavy atom. The Morgan fingerprint density at radius 3 is 2.31 bits per heavy atom. The number of carbonyl (C=O) groups excluding carboxylic acids is 1. The molecule has 0 fully saturated rings. The largest absolute Gasteiger partial charge is 0.434 e. The van der Waals surface area contributed by atoms with Crippen molar-refractivity contribution in [3.8, 4) is 5.75 Å². The third-order valence-electron chi connectivity index (χ3n) is 1.87. The number of alkyl halides is 4. The normalized spacial score (nSPS) is 10.9. The van der Waals surface area contributed by atoms with E-state index in [1.165, 1.54) is 6.92 Å². The molecule has 0 N–H and O–H groups in total. The lowest BCUT2D eigenvalue weighted by molar-refractivity contribution is -0.0519. The molecule has 0 saturated heterocycles. The average molecular weight is 236 g/mol. The van der Waals surface area contributed by atoms with Crippen molar-refractivity contribution in [2.24, 2.45) is 0 Å². The molecule has 6 heteroatoms. The number of halogens is 4. The number of Topliss-reactive ketones (excluding diaryl/α,β-unsaturated/α-hetero) is 1. The van der Waals surface area contributed by atoms with E-state index in [1.807, 2.05) is 0 Å². The van der Waals surface area contributed by atoms with Gasteiger partial charge in [0.2, 0.25) is 0 Å². The Balaban J connectivity index is 3.14. The van der Waals surface area contributed by atoms with Crippen molar-refractivity contribution < 1.29 is 27.1 Å². The van der Waals surface area contributed by atoms with E-state index in [2.05, 4.69) is 4.74 Å². The summed E-state index contributed by atoms with van der Waals surface area (Å²) in [6, 6.07) is 2.95. The van der Waals surface area contributed by atoms with Gasteiger partial charge in [-0.25, -0.2) is 8.78 Å². The van der Waals surface area contributed by atoms with Gasteiger partial charge in [0.05, 0.1) is 5.56 Å². The van der Waals surface area contributed by atoms with Crippen LogP contribution < -0.4 is 4.74 Å². The minimum atomic E-state index is -3.18. The predicted molar refractivity (Wildman–Crippen MR) is 48.0 cm³/mol. The number of rotatable bonds is 4. The van der Waals surface area contributed by atoms with E-state index < -0.39 is 30.1 Å². The monoisotopic (exact) mass is 236 g/mol. The number of ketones is 1. The maximum absolute atomic E-state index is 12.5. The van der Waals surface area contributed by atoms with Crippen molar-refractivity contribution in [1.82, 2.24) is 0 Å². The van der Waals surface area contributed by atoms with E-state index in [1.54, 1.807) is 0 Å². The maximum Gasteiger partial charge on any atom is 0.387 e. The summed E-state index contributed by atoms with van der Waals surface area (Å²) in [4.78, 5) is 10.9. The van der Waals surface area contributed by atoms with Gasteiger partial charge in [0.25, 0.3) is 6.43 Å². The second-order valence-electron chi connectivity index (χ2n) is 2.99. The Labute approximate surface area is 88.8 Å². The van der Waals surface area contributed by atoms with Crippen LogP contribution in [0, 0.1) is 0 Å². The molecule has 0 heterocycles. The fourth-order valence-corrected chi connectivity index (χ4v) is 1.14. The topological polar surface area (TPSA) is 26.3 Å². The minimum absolute atomic E-state index is 0.0249. The lowest BCUT2D eigenvalue weighted by Gasteiger charge is -2.10. The van der Waals surface area contributed by atoms with Crippen molar-refractivity contribution in [3.63, 3.8) is 0 Å². The van der Waals surface area contributed by atoms with Gasteiger partial charge in [-0.2, -0.15) is 8.78 Å². The number of benzene rings is 1. The molecule has 0 aromatic heterocycles. The SMILES string of the molecule is CC(=O)c1ccc(OC(F)F)c(C(F)F)c1. The van der Waals surface area contributed by atoms with E-state index >= 15 is 0 Å². The second kappa shape index (κ2) is 4.96. The Hall–Kier alpha value is -1.59. The molecule has 88 valence electrons. The fraction of sp³-hybridized carbons (Fsp3) is 0.300. The maximum atomic E-state index is 12.5. The van der Waals surface area contributed by atoms with Gasteiger partial charge in [-0.05, 0) is 25.1 Å². The molecule has 16 heavy (non-hydrogen) atoms. The standard InChI is InChI=1S/C10H8F4O2/c1-5(15)6-2-3-8(16-10(13)14)7(4-6)9(11)12/h2-4,9-10H,1H3. The highest BCUT2D eigenvalue weighted by Crippen LogP contribution is 2.31. The van der Waals surface area contributed by atoms with Gasteiger partial charge < -0.3 is 4.74 Å². The molecule has 0 atom stereocenters. The number of ether oxygens (including phenoxy) is 1. The molecule has 1 rings (SSSR count). The number of carbonyl (C=O) groups is 1. The third kappa shape index (κ3) is 2.95. The summed E-state index contributed by atoms with van der Waals surface area (Å²) in [5.41, 5.74) is -0.690. The first-order chi connectivity index (χ1) is 7.41. The summed E-state index contributed by atoms with van der Waals surface area (Å²) in [6.45, 7) is -1.99. The van der Waals surface area contributed by atoms with Crippen LogP contribution in [0.3, 0.4) is 0 Å². The highest BCUT2D eigenvalue weighted by Gasteiger charge is 2.18. The molecule has 0 aliphatic rings. The fourth-order valence-electron chi connectivity index (χ4n) is 1.14. The summed E-state index contributed by atoms with van der Waals surface area (Å²) in [6.07, 6.45) is -2.98. The number of hydrogen-bond donors (Lipinski definition) is 0. The molecule has 0 radical (unpaired) electrons. The van der Waals surface area contributed by atoms with Gasteiger partial charge in [-0.3, -0.25) is 4.79 Å². The zero-order chi connectivity index (χ0) is 12.3. The molecule has 0 saturated carbocycles. The zero-order valence-electron chi connectivity index (χ0n) is 8.22. The van der Waals surface area contributed by atoms with Crippen LogP contribution in [0.4, 0.5) is 17.6 Å². The first-order valence-electron chi connectivity index (χ1n) is 4.29. The molecule has 0 aliphatic heterocycles. The van der Waals surface area contributed by atoms with Crippen molar-refractivity contribution in [3.05, 3.63) is 29.3 Å². The minimum Gasteiger partial charge on any atom is -0.434 e. The van der Waals surface area contributed by atoms with Crippen LogP contribution in [0.25, 0.3) is 0 Å². The summed E-state index contributed by atoms with van der Waals surface area (Å²) in [7, 11) is 0. The first kappa shape index (κ1) is 12.5. The Morgan fingerprint density at radius 1 is 1.25 bits per heavy atom. The molecule has 1 aromatic rings. The third-order valence-corrected chi connectivity index (χ3v) is 1.87. The molecule has 0 spiro atoms. The van der Waals surface area contributed by atoms with Crippen LogP contribution in [0.15, 0.2) is 18.2 Å². The Kier molecular flexibility index (Phi) is 3.87. The molecular weight excluding hydrogens is 228 g/mol. The molecule has 2 nitrogen and oxygen atoms in total. The van der Waals surface area contributed by atoms with Crippen molar-refractivity contribution in [2.45, 2.75) is 20.0 Å². The van der Waals surface area contributed by atoms with Gasteiger partial charge in [-0.1, -0.05) is 0 Å². The quantitative estimate of drug-likeness (QED) is 0.591. The molecular formula is C10H8F4O2. The van der Waals surface area contributed by atoms with Gasteiger partial charge in [0.15, 0.2) is 5.78 Å². The van der Waals surface area contributed by atoms with Gasteiger partial charge in [0.1, 0.15) is 5.75 Å². The lowest BCUT2D eigenvalue weighted by atomic mass is 10.1. The van der Waals surface area contributed by atoms with E-state index in [0.29, 0.717) is 0 Å². The molecule has 1 aromatic carbocycles. The smallest absolute Gasteiger partial charge is 0.387 e. The van der Waals surface area contributed by atoms with E-state index in [9.17, 15) is 22.4 Å². The average Bonchev–Trinajstić information content (AvgIpc) is 2.16. The second-order valence-corrected chi connectivity index (χ2v) is 2.99. The highest BCUT2D eigenvalue weighted by molar-refractivity contribution is 5.94. The van der Waals surface area contributed by atoms with E-state index in [0.717, 1.165) is 18.2 Å².